The second-order valence-corrected chi connectivity index (χ2v) is 6.99. The summed E-state index contributed by atoms with van der Waals surface area (Å²) in [6, 6.07) is 0. The highest BCUT2D eigenvalue weighted by Gasteiger charge is 2.11. The Kier molecular flexibility index (Phi) is 18.8. The molecule has 0 aromatic rings. The van der Waals surface area contributed by atoms with Crippen molar-refractivity contribution in [2.45, 2.75) is 116 Å². The lowest BCUT2D eigenvalue weighted by atomic mass is 10.1. The van der Waals surface area contributed by atoms with Crippen molar-refractivity contribution >= 4 is 5.97 Å². The largest absolute Gasteiger partial charge is 0.479 e. The van der Waals surface area contributed by atoms with Gasteiger partial charge in [-0.3, -0.25) is 0 Å². The Morgan fingerprint density at radius 3 is 1.62 bits per heavy atom. The Hall–Kier alpha value is -1.45. The minimum Gasteiger partial charge on any atom is -0.479 e. The van der Waals surface area contributed by atoms with E-state index in [2.05, 4.69) is 30.6 Å². The summed E-state index contributed by atoms with van der Waals surface area (Å²) in [5.41, 5.74) is 0. The molecule has 0 saturated carbocycles. The van der Waals surface area contributed by atoms with Crippen molar-refractivity contribution in [1.29, 1.82) is 0 Å². The van der Waals surface area contributed by atoms with E-state index in [0.29, 0.717) is 6.42 Å². The van der Waals surface area contributed by atoms with Gasteiger partial charge in [-0.2, -0.15) is 0 Å². The van der Waals surface area contributed by atoms with Crippen LogP contribution in [0.15, 0.2) is 0 Å². The molecule has 0 spiro atoms. The summed E-state index contributed by atoms with van der Waals surface area (Å²) in [5, 5.41) is 17.7. The summed E-state index contributed by atoms with van der Waals surface area (Å²) >= 11 is 0. The van der Waals surface area contributed by atoms with Crippen LogP contribution < -0.4 is 0 Å². The Balaban J connectivity index is 3.32. The number of hydrogen-bond acceptors (Lipinski definition) is 2. The first-order valence-corrected chi connectivity index (χ1v) is 10.5. The van der Waals surface area contributed by atoms with Gasteiger partial charge in [0.15, 0.2) is 6.10 Å². The van der Waals surface area contributed by atoms with Gasteiger partial charge in [0.25, 0.3) is 0 Å². The van der Waals surface area contributed by atoms with Crippen molar-refractivity contribution in [3.8, 4) is 23.7 Å². The van der Waals surface area contributed by atoms with Gasteiger partial charge in [0, 0.05) is 12.8 Å². The average Bonchev–Trinajstić information content (AvgIpc) is 2.63. The number of aliphatic carboxylic acids is 1. The van der Waals surface area contributed by atoms with Crippen LogP contribution in [0.5, 0.6) is 0 Å². The van der Waals surface area contributed by atoms with Gasteiger partial charge >= 0.3 is 5.97 Å². The molecule has 0 heterocycles. The Morgan fingerprint density at radius 2 is 1.15 bits per heavy atom. The van der Waals surface area contributed by atoms with Gasteiger partial charge < -0.3 is 10.2 Å². The third kappa shape index (κ3) is 18.9. The molecule has 0 radical (unpaired) electrons. The summed E-state index contributed by atoms with van der Waals surface area (Å²) in [5.74, 6) is 11.0. The van der Waals surface area contributed by atoms with Crippen LogP contribution in [-0.4, -0.2) is 22.3 Å². The minimum atomic E-state index is -1.20. The fourth-order valence-corrected chi connectivity index (χ4v) is 2.77. The van der Waals surface area contributed by atoms with E-state index in [1.54, 1.807) is 0 Å². The van der Waals surface area contributed by atoms with Crippen LogP contribution in [0.4, 0.5) is 0 Å². The molecule has 2 N–H and O–H groups in total. The first kappa shape index (κ1) is 24.6. The number of aliphatic hydroxyl groups excluding tert-OH is 1. The Bertz CT molecular complexity index is 448. The Labute approximate surface area is 161 Å². The highest BCUT2D eigenvalue weighted by molar-refractivity contribution is 5.71. The van der Waals surface area contributed by atoms with Crippen molar-refractivity contribution in [1.82, 2.24) is 0 Å². The Morgan fingerprint density at radius 1 is 0.731 bits per heavy atom. The third-order valence-corrected chi connectivity index (χ3v) is 4.46. The first-order valence-electron chi connectivity index (χ1n) is 10.5. The highest BCUT2D eigenvalue weighted by Crippen LogP contribution is 2.09. The summed E-state index contributed by atoms with van der Waals surface area (Å²) in [6.45, 7) is 2.25. The summed E-state index contributed by atoms with van der Waals surface area (Å²) in [6.07, 6.45) is 16.6. The lowest BCUT2D eigenvalue weighted by Gasteiger charge is -2.04. The van der Waals surface area contributed by atoms with Crippen LogP contribution in [0.2, 0.25) is 0 Å². The minimum absolute atomic E-state index is 0.351. The van der Waals surface area contributed by atoms with Crippen molar-refractivity contribution in [2.24, 2.45) is 0 Å². The molecule has 0 fully saturated rings. The van der Waals surface area contributed by atoms with Crippen molar-refractivity contribution in [3.05, 3.63) is 0 Å². The van der Waals surface area contributed by atoms with Crippen molar-refractivity contribution in [2.75, 3.05) is 0 Å². The van der Waals surface area contributed by atoms with Crippen LogP contribution in [0, 0.1) is 23.7 Å². The summed E-state index contributed by atoms with van der Waals surface area (Å²) in [4.78, 5) is 10.4. The van der Waals surface area contributed by atoms with E-state index in [1.807, 2.05) is 0 Å². The van der Waals surface area contributed by atoms with Crippen LogP contribution >= 0.6 is 0 Å². The molecule has 0 aromatic heterocycles. The lowest BCUT2D eigenvalue weighted by molar-refractivity contribution is -0.146. The zero-order chi connectivity index (χ0) is 19.3. The molecule has 0 saturated heterocycles. The number of carboxylic acids is 1. The molecule has 0 amide bonds. The second-order valence-electron chi connectivity index (χ2n) is 6.99. The molecule has 0 rings (SSSR count). The maximum Gasteiger partial charge on any atom is 0.332 e. The van der Waals surface area contributed by atoms with Gasteiger partial charge in [-0.1, -0.05) is 89.4 Å². The van der Waals surface area contributed by atoms with Gasteiger partial charge in [-0.05, 0) is 31.1 Å². The molecule has 0 aliphatic heterocycles. The van der Waals surface area contributed by atoms with Gasteiger partial charge in [-0.25, -0.2) is 4.79 Å². The molecule has 1 atom stereocenters. The summed E-state index contributed by atoms with van der Waals surface area (Å²) < 4.78 is 0. The van der Waals surface area contributed by atoms with Crippen molar-refractivity contribution < 1.29 is 15.0 Å². The highest BCUT2D eigenvalue weighted by atomic mass is 16.4. The monoisotopic (exact) mass is 362 g/mol. The predicted molar refractivity (Wildman–Crippen MR) is 109 cm³/mol. The normalized spacial score (nSPS) is 11.2. The predicted octanol–water partition coefficient (Wildman–Crippen LogP) is 5.70. The first-order chi connectivity index (χ1) is 12.7. The number of hydrogen-bond donors (Lipinski definition) is 2. The van der Waals surface area contributed by atoms with Crippen molar-refractivity contribution in [3.63, 3.8) is 0 Å². The van der Waals surface area contributed by atoms with Gasteiger partial charge in [0.2, 0.25) is 0 Å². The SMILES string of the molecule is CCCCCCCCCCC#CC#CCCCCCCCC(O)C(=O)O. The molecular formula is C23H38O3. The molecule has 148 valence electrons. The second kappa shape index (κ2) is 19.9. The van der Waals surface area contributed by atoms with Gasteiger partial charge in [-0.15, -0.1) is 0 Å². The fourth-order valence-electron chi connectivity index (χ4n) is 2.77. The van der Waals surface area contributed by atoms with Crippen LogP contribution in [-0.2, 0) is 4.79 Å². The maximum absolute atomic E-state index is 10.4. The average molecular weight is 363 g/mol. The van der Waals surface area contributed by atoms with Gasteiger partial charge in [0.05, 0.1) is 0 Å². The third-order valence-electron chi connectivity index (χ3n) is 4.46. The number of aliphatic hydroxyl groups is 1. The molecule has 0 aliphatic carbocycles. The topological polar surface area (TPSA) is 57.5 Å². The van der Waals surface area contributed by atoms with Crippen LogP contribution in [0.3, 0.4) is 0 Å². The molecule has 0 aromatic carbocycles. The molecule has 0 aliphatic rings. The van der Waals surface area contributed by atoms with E-state index in [-0.39, 0.29) is 0 Å². The quantitative estimate of drug-likeness (QED) is 0.273. The molecular weight excluding hydrogens is 324 g/mol. The molecule has 1 unspecified atom stereocenters. The zero-order valence-electron chi connectivity index (χ0n) is 16.7. The van der Waals surface area contributed by atoms with E-state index in [9.17, 15) is 4.79 Å². The van der Waals surface area contributed by atoms with Crippen LogP contribution in [0.25, 0.3) is 0 Å². The van der Waals surface area contributed by atoms with E-state index < -0.39 is 12.1 Å². The van der Waals surface area contributed by atoms with E-state index in [0.717, 1.165) is 44.9 Å². The molecule has 0 bridgehead atoms. The van der Waals surface area contributed by atoms with Crippen LogP contribution in [0.1, 0.15) is 110 Å². The standard InChI is InChI=1S/C23H38O3/c1-2-3-4-5-6-7-8-9-10-11-12-13-14-15-16-17-18-19-20-21-22(24)23(25)26/h22,24H,2-10,15-21H2,1H3,(H,25,26). The molecule has 26 heavy (non-hydrogen) atoms. The number of rotatable bonds is 16. The molecule has 3 nitrogen and oxygen atoms in total. The fraction of sp³-hybridized carbons (Fsp3) is 0.783. The maximum atomic E-state index is 10.4. The smallest absolute Gasteiger partial charge is 0.332 e. The number of carbonyl (C=O) groups is 1. The van der Waals surface area contributed by atoms with E-state index in [1.165, 1.54) is 51.4 Å². The number of carboxylic acid groups (broad SMARTS) is 1. The van der Waals surface area contributed by atoms with E-state index in [4.69, 9.17) is 10.2 Å². The molecule has 3 heteroatoms. The summed E-state index contributed by atoms with van der Waals surface area (Å²) in [7, 11) is 0. The van der Waals surface area contributed by atoms with Gasteiger partial charge in [0.1, 0.15) is 0 Å². The zero-order valence-corrected chi connectivity index (χ0v) is 16.7. The number of unbranched alkanes of at least 4 members (excludes halogenated alkanes) is 13. The lowest BCUT2D eigenvalue weighted by Crippen LogP contribution is -2.18. The van der Waals surface area contributed by atoms with E-state index >= 15 is 0 Å².